The number of hydrogen-bond acceptors (Lipinski definition) is 1. The highest BCUT2D eigenvalue weighted by atomic mass is 35.5. The predicted octanol–water partition coefficient (Wildman–Crippen LogP) is 3.20. The van der Waals surface area contributed by atoms with Gasteiger partial charge in [0.2, 0.25) is 0 Å². The van der Waals surface area contributed by atoms with Crippen molar-refractivity contribution < 1.29 is 27.5 Å². The second-order valence-corrected chi connectivity index (χ2v) is 3.02. The first kappa shape index (κ1) is 11.8. The van der Waals surface area contributed by atoms with Gasteiger partial charge < -0.3 is 5.11 Å². The van der Waals surface area contributed by atoms with Crippen LogP contribution in [0.15, 0.2) is 12.1 Å². The van der Waals surface area contributed by atoms with E-state index in [2.05, 4.69) is 0 Å². The highest BCUT2D eigenvalue weighted by molar-refractivity contribution is 6.31. The maximum absolute atomic E-state index is 12.8. The SMILES string of the molecule is O=C(O)c1cc(C(F)(F)F)c(Cl)cc1F. The fourth-order valence-electron chi connectivity index (χ4n) is 0.930. The first-order valence-electron chi connectivity index (χ1n) is 3.53. The minimum absolute atomic E-state index is 0.167. The number of carbonyl (C=O) groups is 1. The van der Waals surface area contributed by atoms with Crippen molar-refractivity contribution in [3.63, 3.8) is 0 Å². The standard InChI is InChI=1S/C8H3ClF4O2/c9-5-2-6(10)3(7(14)15)1-4(5)8(11,12)13/h1-2H,(H,14,15). The van der Waals surface area contributed by atoms with Crippen molar-refractivity contribution in [1.29, 1.82) is 0 Å². The molecule has 0 aliphatic carbocycles. The molecular formula is C8H3ClF4O2. The highest BCUT2D eigenvalue weighted by Crippen LogP contribution is 2.35. The fraction of sp³-hybridized carbons (Fsp3) is 0.125. The zero-order chi connectivity index (χ0) is 11.8. The number of rotatable bonds is 1. The van der Waals surface area contributed by atoms with Crippen molar-refractivity contribution in [3.8, 4) is 0 Å². The minimum atomic E-state index is -4.81. The Labute approximate surface area is 86.1 Å². The quantitative estimate of drug-likeness (QED) is 0.768. The summed E-state index contributed by atoms with van der Waals surface area (Å²) in [5.41, 5.74) is -2.44. The molecule has 0 aliphatic heterocycles. The molecule has 0 unspecified atom stereocenters. The van der Waals surface area contributed by atoms with Gasteiger partial charge in [0.25, 0.3) is 0 Å². The molecule has 0 heterocycles. The van der Waals surface area contributed by atoms with Gasteiger partial charge >= 0.3 is 12.1 Å². The smallest absolute Gasteiger partial charge is 0.417 e. The summed E-state index contributed by atoms with van der Waals surface area (Å²) < 4.78 is 49.5. The number of alkyl halides is 3. The third-order valence-corrected chi connectivity index (χ3v) is 1.91. The van der Waals surface area contributed by atoms with E-state index >= 15 is 0 Å². The van der Waals surface area contributed by atoms with Crippen molar-refractivity contribution in [1.82, 2.24) is 0 Å². The first-order chi connectivity index (χ1) is 6.73. The molecule has 0 spiro atoms. The van der Waals surface area contributed by atoms with Crippen molar-refractivity contribution in [2.75, 3.05) is 0 Å². The monoisotopic (exact) mass is 242 g/mol. The predicted molar refractivity (Wildman–Crippen MR) is 43.4 cm³/mol. The van der Waals surface area contributed by atoms with Crippen molar-refractivity contribution in [2.24, 2.45) is 0 Å². The summed E-state index contributed by atoms with van der Waals surface area (Å²) in [5, 5.41) is 7.53. The molecule has 0 bridgehead atoms. The van der Waals surface area contributed by atoms with Gasteiger partial charge in [-0.25, -0.2) is 9.18 Å². The van der Waals surface area contributed by atoms with Gasteiger partial charge in [0.05, 0.1) is 16.1 Å². The van der Waals surface area contributed by atoms with E-state index in [0.29, 0.717) is 6.07 Å². The molecule has 0 amide bonds. The molecular weight excluding hydrogens is 240 g/mol. The molecule has 0 aliphatic rings. The molecule has 1 aromatic rings. The van der Waals surface area contributed by atoms with E-state index in [0.717, 1.165) is 0 Å². The Morgan fingerprint density at radius 2 is 1.87 bits per heavy atom. The van der Waals surface area contributed by atoms with Crippen LogP contribution in [0.4, 0.5) is 17.6 Å². The lowest BCUT2D eigenvalue weighted by atomic mass is 10.1. The Morgan fingerprint density at radius 3 is 2.27 bits per heavy atom. The van der Waals surface area contributed by atoms with Crippen LogP contribution in [0.3, 0.4) is 0 Å². The van der Waals surface area contributed by atoms with Crippen LogP contribution in [0.5, 0.6) is 0 Å². The van der Waals surface area contributed by atoms with E-state index in [4.69, 9.17) is 16.7 Å². The molecule has 7 heteroatoms. The number of aromatic carboxylic acids is 1. The van der Waals surface area contributed by atoms with Crippen LogP contribution in [-0.4, -0.2) is 11.1 Å². The topological polar surface area (TPSA) is 37.3 Å². The van der Waals surface area contributed by atoms with Crippen LogP contribution in [0.2, 0.25) is 5.02 Å². The Kier molecular flexibility index (Phi) is 2.90. The Hall–Kier alpha value is -1.30. The number of hydrogen-bond donors (Lipinski definition) is 1. The van der Waals surface area contributed by atoms with Gasteiger partial charge in [-0.05, 0) is 12.1 Å². The molecule has 0 atom stereocenters. The van der Waals surface area contributed by atoms with E-state index in [1.165, 1.54) is 0 Å². The average molecular weight is 243 g/mol. The second-order valence-electron chi connectivity index (χ2n) is 2.61. The lowest BCUT2D eigenvalue weighted by Crippen LogP contribution is -2.10. The average Bonchev–Trinajstić information content (AvgIpc) is 2.00. The van der Waals surface area contributed by atoms with Gasteiger partial charge in [-0.15, -0.1) is 0 Å². The summed E-state index contributed by atoms with van der Waals surface area (Å²) in [6, 6.07) is 0.494. The lowest BCUT2D eigenvalue weighted by molar-refractivity contribution is -0.137. The van der Waals surface area contributed by atoms with E-state index in [-0.39, 0.29) is 6.07 Å². The zero-order valence-corrected chi connectivity index (χ0v) is 7.66. The molecule has 82 valence electrons. The molecule has 1 N–H and O–H groups in total. The number of benzene rings is 1. The van der Waals surface area contributed by atoms with Gasteiger partial charge in [0, 0.05) is 0 Å². The molecule has 0 saturated carbocycles. The van der Waals surface area contributed by atoms with E-state index in [1.54, 1.807) is 0 Å². The van der Waals surface area contributed by atoms with Crippen LogP contribution in [0.1, 0.15) is 15.9 Å². The molecule has 0 radical (unpaired) electrons. The summed E-state index contributed by atoms with van der Waals surface area (Å²) in [6.45, 7) is 0. The largest absolute Gasteiger partial charge is 0.478 e. The van der Waals surface area contributed by atoms with E-state index in [1.807, 2.05) is 0 Å². The van der Waals surface area contributed by atoms with Gasteiger partial charge in [-0.1, -0.05) is 11.6 Å². The number of halogens is 5. The van der Waals surface area contributed by atoms with Crippen LogP contribution in [-0.2, 0) is 6.18 Å². The summed E-state index contributed by atoms with van der Waals surface area (Å²) in [7, 11) is 0. The van der Waals surface area contributed by atoms with E-state index in [9.17, 15) is 22.4 Å². The van der Waals surface area contributed by atoms with Crippen LogP contribution < -0.4 is 0 Å². The van der Waals surface area contributed by atoms with Gasteiger partial charge in [0.1, 0.15) is 5.82 Å². The van der Waals surface area contributed by atoms with Gasteiger partial charge in [-0.3, -0.25) is 0 Å². The summed E-state index contributed by atoms with van der Waals surface area (Å²) in [5.74, 6) is -3.09. The summed E-state index contributed by atoms with van der Waals surface area (Å²) in [4.78, 5) is 10.4. The highest BCUT2D eigenvalue weighted by Gasteiger charge is 2.34. The fourth-order valence-corrected chi connectivity index (χ4v) is 1.19. The van der Waals surface area contributed by atoms with Crippen molar-refractivity contribution in [3.05, 3.63) is 34.1 Å². The first-order valence-corrected chi connectivity index (χ1v) is 3.91. The molecule has 1 aromatic carbocycles. The summed E-state index contributed by atoms with van der Waals surface area (Å²) >= 11 is 5.14. The van der Waals surface area contributed by atoms with Crippen LogP contribution in [0.25, 0.3) is 0 Å². The molecule has 15 heavy (non-hydrogen) atoms. The molecule has 2 nitrogen and oxygen atoms in total. The van der Waals surface area contributed by atoms with Crippen LogP contribution >= 0.6 is 11.6 Å². The zero-order valence-electron chi connectivity index (χ0n) is 6.90. The lowest BCUT2D eigenvalue weighted by Gasteiger charge is -2.09. The minimum Gasteiger partial charge on any atom is -0.478 e. The molecule has 1 rings (SSSR count). The third-order valence-electron chi connectivity index (χ3n) is 1.59. The second kappa shape index (κ2) is 3.69. The Morgan fingerprint density at radius 1 is 1.33 bits per heavy atom. The normalized spacial score (nSPS) is 11.5. The summed E-state index contributed by atoms with van der Waals surface area (Å²) in [6.07, 6.45) is -4.81. The number of carboxylic acid groups (broad SMARTS) is 1. The molecule has 0 saturated heterocycles. The van der Waals surface area contributed by atoms with Crippen LogP contribution in [0, 0.1) is 5.82 Å². The molecule has 0 fully saturated rings. The molecule has 0 aromatic heterocycles. The third kappa shape index (κ3) is 2.38. The van der Waals surface area contributed by atoms with Crippen molar-refractivity contribution in [2.45, 2.75) is 6.18 Å². The van der Waals surface area contributed by atoms with Crippen molar-refractivity contribution >= 4 is 17.6 Å². The van der Waals surface area contributed by atoms with Gasteiger partial charge in [-0.2, -0.15) is 13.2 Å². The number of carboxylic acids is 1. The maximum Gasteiger partial charge on any atom is 0.417 e. The Balaban J connectivity index is 3.43. The Bertz CT molecular complexity index is 414. The van der Waals surface area contributed by atoms with E-state index < -0.39 is 34.1 Å². The van der Waals surface area contributed by atoms with Gasteiger partial charge in [0.15, 0.2) is 0 Å². The maximum atomic E-state index is 12.8.